The van der Waals surface area contributed by atoms with E-state index in [-0.39, 0.29) is 0 Å². The van der Waals surface area contributed by atoms with Gasteiger partial charge in [-0.25, -0.2) is 0 Å². The van der Waals surface area contributed by atoms with Crippen LogP contribution < -0.4 is 0 Å². The molecular formula is C14H20O2. The smallest absolute Gasteiger partial charge is 0.132 e. The minimum Gasteiger partial charge on any atom is -0.508 e. The van der Waals surface area contributed by atoms with Gasteiger partial charge in [0, 0.05) is 12.8 Å². The number of Topliss-reactive ketones (excluding diaryl/α,β-unsaturated/α-hetero) is 1. The zero-order valence-electron chi connectivity index (χ0n) is 10.1. The molecule has 0 heterocycles. The molecular weight excluding hydrogens is 200 g/mol. The van der Waals surface area contributed by atoms with Gasteiger partial charge in [-0.05, 0) is 43.4 Å². The van der Waals surface area contributed by atoms with Crippen molar-refractivity contribution in [3.05, 3.63) is 29.3 Å². The minimum absolute atomic E-state index is 0.339. The van der Waals surface area contributed by atoms with Gasteiger partial charge >= 0.3 is 0 Å². The van der Waals surface area contributed by atoms with Gasteiger partial charge in [0.25, 0.3) is 0 Å². The Bertz CT molecular complexity index is 356. The molecule has 0 amide bonds. The van der Waals surface area contributed by atoms with Crippen LogP contribution in [0.4, 0.5) is 0 Å². The maximum Gasteiger partial charge on any atom is 0.132 e. The van der Waals surface area contributed by atoms with Crippen molar-refractivity contribution >= 4 is 5.78 Å². The standard InChI is InChI=1S/C14H20O2/c1-3-5-13(15)7-4-6-12-8-9-14(16)11(2)10-12/h8-10,16H,3-7H2,1-2H3. The zero-order valence-corrected chi connectivity index (χ0v) is 10.1. The van der Waals surface area contributed by atoms with Gasteiger partial charge in [-0.15, -0.1) is 0 Å². The Morgan fingerprint density at radius 2 is 2.06 bits per heavy atom. The lowest BCUT2D eigenvalue weighted by Crippen LogP contribution is -1.98. The number of carbonyl (C=O) groups excluding carboxylic acids is 1. The number of phenols is 1. The largest absolute Gasteiger partial charge is 0.508 e. The van der Waals surface area contributed by atoms with Crippen molar-refractivity contribution in [2.24, 2.45) is 0 Å². The van der Waals surface area contributed by atoms with E-state index in [0.717, 1.165) is 24.8 Å². The quantitative estimate of drug-likeness (QED) is 0.797. The fourth-order valence-electron chi connectivity index (χ4n) is 1.77. The second-order valence-corrected chi connectivity index (χ2v) is 4.26. The van der Waals surface area contributed by atoms with E-state index >= 15 is 0 Å². The van der Waals surface area contributed by atoms with Crippen LogP contribution in [0.1, 0.15) is 43.7 Å². The van der Waals surface area contributed by atoms with Crippen LogP contribution in [0.5, 0.6) is 5.75 Å². The Labute approximate surface area is 97.3 Å². The lowest BCUT2D eigenvalue weighted by molar-refractivity contribution is -0.119. The van der Waals surface area contributed by atoms with Gasteiger partial charge in [-0.3, -0.25) is 4.79 Å². The summed E-state index contributed by atoms with van der Waals surface area (Å²) in [5.41, 5.74) is 2.09. The maximum absolute atomic E-state index is 11.3. The third kappa shape index (κ3) is 4.05. The molecule has 1 aromatic carbocycles. The molecule has 0 atom stereocenters. The Balaban J connectivity index is 2.37. The number of ketones is 1. The van der Waals surface area contributed by atoms with Crippen molar-refractivity contribution in [3.63, 3.8) is 0 Å². The topological polar surface area (TPSA) is 37.3 Å². The molecule has 0 saturated carbocycles. The average molecular weight is 220 g/mol. The van der Waals surface area contributed by atoms with E-state index in [9.17, 15) is 9.90 Å². The molecule has 0 aliphatic rings. The third-order valence-corrected chi connectivity index (χ3v) is 2.71. The molecule has 0 aromatic heterocycles. The second kappa shape index (κ2) is 6.31. The molecule has 0 aliphatic carbocycles. The van der Waals surface area contributed by atoms with Crippen molar-refractivity contribution in [2.75, 3.05) is 0 Å². The molecule has 0 spiro atoms. The van der Waals surface area contributed by atoms with Crippen LogP contribution in [-0.4, -0.2) is 10.9 Å². The van der Waals surface area contributed by atoms with Crippen LogP contribution in [0.25, 0.3) is 0 Å². The molecule has 2 heteroatoms. The fraction of sp³-hybridized carbons (Fsp3) is 0.500. The highest BCUT2D eigenvalue weighted by Crippen LogP contribution is 2.18. The number of aryl methyl sites for hydroxylation is 2. The highest BCUT2D eigenvalue weighted by molar-refractivity contribution is 5.78. The zero-order chi connectivity index (χ0) is 12.0. The first-order valence-electron chi connectivity index (χ1n) is 5.93. The number of hydrogen-bond acceptors (Lipinski definition) is 2. The molecule has 0 aliphatic heterocycles. The first kappa shape index (κ1) is 12.8. The Morgan fingerprint density at radius 1 is 1.31 bits per heavy atom. The number of hydrogen-bond donors (Lipinski definition) is 1. The van der Waals surface area contributed by atoms with Gasteiger partial charge in [0.1, 0.15) is 11.5 Å². The molecule has 1 rings (SSSR count). The van der Waals surface area contributed by atoms with Crippen LogP contribution in [-0.2, 0) is 11.2 Å². The van der Waals surface area contributed by atoms with Crippen LogP contribution in [0.3, 0.4) is 0 Å². The van der Waals surface area contributed by atoms with Gasteiger partial charge in [0.15, 0.2) is 0 Å². The monoisotopic (exact) mass is 220 g/mol. The van der Waals surface area contributed by atoms with Crippen molar-refractivity contribution in [3.8, 4) is 5.75 Å². The summed E-state index contributed by atoms with van der Waals surface area (Å²) >= 11 is 0. The molecule has 0 radical (unpaired) electrons. The highest BCUT2D eigenvalue weighted by atomic mass is 16.3. The van der Waals surface area contributed by atoms with E-state index in [0.29, 0.717) is 24.4 Å². The first-order chi connectivity index (χ1) is 7.63. The Kier molecular flexibility index (Phi) is 5.03. The summed E-state index contributed by atoms with van der Waals surface area (Å²) in [6.45, 7) is 3.92. The first-order valence-corrected chi connectivity index (χ1v) is 5.93. The molecule has 1 aromatic rings. The number of phenolic OH excluding ortho intramolecular Hbond substituents is 1. The van der Waals surface area contributed by atoms with Gasteiger partial charge in [-0.1, -0.05) is 19.1 Å². The van der Waals surface area contributed by atoms with Crippen molar-refractivity contribution in [1.29, 1.82) is 0 Å². The number of aromatic hydroxyl groups is 1. The second-order valence-electron chi connectivity index (χ2n) is 4.26. The van der Waals surface area contributed by atoms with Gasteiger partial charge < -0.3 is 5.11 Å². The SMILES string of the molecule is CCCC(=O)CCCc1ccc(O)c(C)c1. The maximum atomic E-state index is 11.3. The van der Waals surface area contributed by atoms with Gasteiger partial charge in [0.05, 0.1) is 0 Å². The summed E-state index contributed by atoms with van der Waals surface area (Å²) in [6.07, 6.45) is 4.14. The lowest BCUT2D eigenvalue weighted by atomic mass is 10.0. The van der Waals surface area contributed by atoms with E-state index in [1.54, 1.807) is 6.07 Å². The Morgan fingerprint density at radius 3 is 2.69 bits per heavy atom. The summed E-state index contributed by atoms with van der Waals surface area (Å²) in [6, 6.07) is 5.63. The predicted molar refractivity (Wildman–Crippen MR) is 65.7 cm³/mol. The predicted octanol–water partition coefficient (Wildman–Crippen LogP) is 3.39. The third-order valence-electron chi connectivity index (χ3n) is 2.71. The van der Waals surface area contributed by atoms with Crippen LogP contribution in [0.15, 0.2) is 18.2 Å². The highest BCUT2D eigenvalue weighted by Gasteiger charge is 2.02. The van der Waals surface area contributed by atoms with Crippen LogP contribution in [0, 0.1) is 6.92 Å². The summed E-state index contributed by atoms with van der Waals surface area (Å²) in [7, 11) is 0. The van der Waals surface area contributed by atoms with Crippen molar-refractivity contribution in [2.45, 2.75) is 46.0 Å². The molecule has 0 unspecified atom stereocenters. The van der Waals surface area contributed by atoms with Gasteiger partial charge in [0.2, 0.25) is 0 Å². The molecule has 0 fully saturated rings. The van der Waals surface area contributed by atoms with Crippen molar-refractivity contribution < 1.29 is 9.90 Å². The van der Waals surface area contributed by atoms with Crippen LogP contribution >= 0.6 is 0 Å². The van der Waals surface area contributed by atoms with E-state index in [4.69, 9.17) is 0 Å². The lowest BCUT2D eigenvalue weighted by Gasteiger charge is -2.04. The van der Waals surface area contributed by atoms with Gasteiger partial charge in [-0.2, -0.15) is 0 Å². The van der Waals surface area contributed by atoms with E-state index in [1.165, 1.54) is 5.56 Å². The van der Waals surface area contributed by atoms with E-state index in [1.807, 2.05) is 26.0 Å². The molecule has 88 valence electrons. The van der Waals surface area contributed by atoms with E-state index < -0.39 is 0 Å². The Hall–Kier alpha value is -1.31. The fourth-order valence-corrected chi connectivity index (χ4v) is 1.77. The molecule has 16 heavy (non-hydrogen) atoms. The number of carbonyl (C=O) groups is 1. The molecule has 0 saturated heterocycles. The minimum atomic E-state index is 0.339. The normalized spacial score (nSPS) is 10.4. The summed E-state index contributed by atoms with van der Waals surface area (Å²) in [5.74, 6) is 0.698. The molecule has 0 bridgehead atoms. The molecule has 1 N–H and O–H groups in total. The molecule has 2 nitrogen and oxygen atoms in total. The average Bonchev–Trinajstić information content (AvgIpc) is 2.24. The summed E-state index contributed by atoms with van der Waals surface area (Å²) in [4.78, 5) is 11.3. The van der Waals surface area contributed by atoms with Crippen molar-refractivity contribution in [1.82, 2.24) is 0 Å². The number of benzene rings is 1. The van der Waals surface area contributed by atoms with E-state index in [2.05, 4.69) is 0 Å². The van der Waals surface area contributed by atoms with Crippen LogP contribution in [0.2, 0.25) is 0 Å². The summed E-state index contributed by atoms with van der Waals surface area (Å²) < 4.78 is 0. The number of rotatable bonds is 6. The summed E-state index contributed by atoms with van der Waals surface area (Å²) in [5, 5.41) is 9.37.